The zero-order valence-electron chi connectivity index (χ0n) is 14.3. The lowest BCUT2D eigenvalue weighted by atomic mass is 9.97. The summed E-state index contributed by atoms with van der Waals surface area (Å²) in [6, 6.07) is 3.56. The number of hydrogen-bond acceptors (Lipinski definition) is 9. The Labute approximate surface area is 152 Å². The number of nitrogens with one attached hydrogen (secondary N) is 2. The minimum absolute atomic E-state index is 0.0578. The van der Waals surface area contributed by atoms with E-state index in [2.05, 4.69) is 15.5 Å². The van der Waals surface area contributed by atoms with Crippen LogP contribution in [0.4, 0.5) is 5.69 Å². The van der Waals surface area contributed by atoms with Gasteiger partial charge < -0.3 is 35.8 Å². The molecule has 2 aromatic rings. The number of carbonyl (C=O) groups is 1. The summed E-state index contributed by atoms with van der Waals surface area (Å²) in [4.78, 5) is 23.5. The second-order valence-corrected chi connectivity index (χ2v) is 6.18. The van der Waals surface area contributed by atoms with Crippen LogP contribution >= 0.6 is 0 Å². The van der Waals surface area contributed by atoms with E-state index in [9.17, 15) is 24.9 Å². The molecule has 11 heteroatoms. The van der Waals surface area contributed by atoms with Gasteiger partial charge in [0.2, 0.25) is 18.1 Å². The number of aliphatic hydroxyl groups excluding tert-OH is 3. The fourth-order valence-corrected chi connectivity index (χ4v) is 2.99. The number of fused-ring (bicyclic) bond motifs is 1. The number of nitrogens with two attached hydrogens (primary N) is 1. The number of H-pyrrole nitrogens is 1. The molecule has 146 valence electrons. The maximum absolute atomic E-state index is 12.0. The van der Waals surface area contributed by atoms with Crippen molar-refractivity contribution in [1.82, 2.24) is 15.5 Å². The predicted octanol–water partition coefficient (Wildman–Crippen LogP) is -2.17. The van der Waals surface area contributed by atoms with Gasteiger partial charge in [-0.25, -0.2) is 5.10 Å². The number of carbonyl (C=O) groups excluding carboxylic acids is 1. The minimum atomic E-state index is -1.47. The summed E-state index contributed by atoms with van der Waals surface area (Å²) < 4.78 is 11.2. The van der Waals surface area contributed by atoms with E-state index >= 15 is 0 Å². The van der Waals surface area contributed by atoms with E-state index in [4.69, 9.17) is 15.2 Å². The van der Waals surface area contributed by atoms with Crippen LogP contribution in [0.2, 0.25) is 0 Å². The lowest BCUT2D eigenvalue weighted by Crippen LogP contribution is -2.65. The van der Waals surface area contributed by atoms with Gasteiger partial charge in [-0.15, -0.1) is 5.10 Å². The first-order chi connectivity index (χ1) is 12.8. The van der Waals surface area contributed by atoms with Crippen LogP contribution in [0.3, 0.4) is 0 Å². The highest BCUT2D eigenvalue weighted by Crippen LogP contribution is 2.28. The van der Waals surface area contributed by atoms with Gasteiger partial charge in [0.25, 0.3) is 5.56 Å². The van der Waals surface area contributed by atoms with Crippen LogP contribution in [0, 0.1) is 0 Å². The average molecular weight is 380 g/mol. The molecule has 1 aromatic heterocycles. The summed E-state index contributed by atoms with van der Waals surface area (Å²) in [6.45, 7) is 0.639. The van der Waals surface area contributed by atoms with Gasteiger partial charge in [-0.3, -0.25) is 9.59 Å². The van der Waals surface area contributed by atoms with Crippen molar-refractivity contribution in [2.45, 2.75) is 37.6 Å². The van der Waals surface area contributed by atoms with Crippen molar-refractivity contribution in [2.24, 2.45) is 0 Å². The molecule has 0 saturated carbocycles. The molecule has 11 nitrogen and oxygen atoms in total. The largest absolute Gasteiger partial charge is 0.444 e. The number of anilines is 1. The third kappa shape index (κ3) is 3.57. The van der Waals surface area contributed by atoms with Crippen LogP contribution in [0.5, 0.6) is 5.88 Å². The van der Waals surface area contributed by atoms with Gasteiger partial charge in [0.05, 0.1) is 17.4 Å². The molecule has 1 amide bonds. The highest BCUT2D eigenvalue weighted by molar-refractivity contribution is 5.94. The molecule has 0 spiro atoms. The van der Waals surface area contributed by atoms with Crippen LogP contribution in [-0.4, -0.2) is 68.7 Å². The third-order valence-corrected chi connectivity index (χ3v) is 4.29. The molecule has 2 heterocycles. The van der Waals surface area contributed by atoms with Crippen LogP contribution in [0.15, 0.2) is 23.0 Å². The number of ether oxygens (including phenoxy) is 2. The lowest BCUT2D eigenvalue weighted by molar-refractivity contribution is -0.245. The fraction of sp³-hybridized carbons (Fsp3) is 0.438. The van der Waals surface area contributed by atoms with Crippen molar-refractivity contribution in [2.75, 3.05) is 12.3 Å². The fourth-order valence-electron chi connectivity index (χ4n) is 2.99. The van der Waals surface area contributed by atoms with E-state index in [1.165, 1.54) is 6.92 Å². The zero-order chi connectivity index (χ0) is 19.7. The standard InChI is InChI=1S/C16H20N4O7/c1-6(22)18-11-13(24)12(23)9(5-21)26-16(11)27-15-7-3-2-4-8(17)10(7)14(25)19-20-15/h2-4,9,11-13,16,21,23-24H,5,17H2,1H3,(H,18,22)(H,19,25)/t9-,11-,12-,13-,16+/m1/s1. The third-order valence-electron chi connectivity index (χ3n) is 4.29. The second-order valence-electron chi connectivity index (χ2n) is 6.18. The number of benzene rings is 1. The Balaban J connectivity index is 2.00. The summed E-state index contributed by atoms with van der Waals surface area (Å²) in [5.74, 6) is -0.549. The Morgan fingerprint density at radius 1 is 1.41 bits per heavy atom. The summed E-state index contributed by atoms with van der Waals surface area (Å²) in [5, 5.41) is 38.7. The molecule has 0 radical (unpaired) electrons. The quantitative estimate of drug-likeness (QED) is 0.322. The molecular formula is C16H20N4O7. The van der Waals surface area contributed by atoms with Crippen molar-refractivity contribution in [1.29, 1.82) is 0 Å². The SMILES string of the molecule is CC(=O)N[C@H]1[C@H](Oc2n[nH]c(=O)c3c(N)cccc23)O[C@H](CO)[C@@H](O)[C@@H]1O. The van der Waals surface area contributed by atoms with Crippen LogP contribution in [0.25, 0.3) is 10.8 Å². The van der Waals surface area contributed by atoms with E-state index in [1.807, 2.05) is 0 Å². The first-order valence-electron chi connectivity index (χ1n) is 8.16. The van der Waals surface area contributed by atoms with Crippen LogP contribution in [-0.2, 0) is 9.53 Å². The first-order valence-corrected chi connectivity index (χ1v) is 8.16. The maximum Gasteiger partial charge on any atom is 0.274 e. The summed E-state index contributed by atoms with van der Waals surface area (Å²) in [7, 11) is 0. The molecule has 1 aliphatic heterocycles. The van der Waals surface area contributed by atoms with E-state index in [0.29, 0.717) is 5.39 Å². The van der Waals surface area contributed by atoms with E-state index in [-0.39, 0.29) is 17.0 Å². The highest BCUT2D eigenvalue weighted by atomic mass is 16.7. The van der Waals surface area contributed by atoms with Crippen LogP contribution in [0.1, 0.15) is 6.92 Å². The maximum atomic E-state index is 12.0. The zero-order valence-corrected chi connectivity index (χ0v) is 14.3. The number of rotatable bonds is 4. The summed E-state index contributed by atoms with van der Waals surface area (Å²) >= 11 is 0. The number of aromatic nitrogens is 2. The molecule has 0 unspecified atom stereocenters. The molecule has 27 heavy (non-hydrogen) atoms. The lowest BCUT2D eigenvalue weighted by Gasteiger charge is -2.41. The summed E-state index contributed by atoms with van der Waals surface area (Å²) in [5.41, 5.74) is 5.54. The van der Waals surface area contributed by atoms with Gasteiger partial charge in [0, 0.05) is 12.6 Å². The van der Waals surface area contributed by atoms with Crippen molar-refractivity contribution >= 4 is 22.4 Å². The Hall–Kier alpha value is -2.73. The molecule has 5 atom stereocenters. The van der Waals surface area contributed by atoms with E-state index in [1.54, 1.807) is 18.2 Å². The number of aliphatic hydroxyl groups is 3. The predicted molar refractivity (Wildman–Crippen MR) is 92.8 cm³/mol. The topological polar surface area (TPSA) is 180 Å². The first kappa shape index (κ1) is 19.0. The number of nitrogens with zero attached hydrogens (tertiary/aromatic N) is 1. The smallest absolute Gasteiger partial charge is 0.274 e. The van der Waals surface area contributed by atoms with Gasteiger partial charge >= 0.3 is 0 Å². The van der Waals surface area contributed by atoms with Gasteiger partial charge in [-0.2, -0.15) is 0 Å². The van der Waals surface area contributed by atoms with E-state index in [0.717, 1.165) is 0 Å². The molecule has 1 aliphatic rings. The van der Waals surface area contributed by atoms with Gasteiger partial charge in [0.1, 0.15) is 24.4 Å². The Morgan fingerprint density at radius 3 is 2.81 bits per heavy atom. The normalized spacial score (nSPS) is 28.1. The van der Waals surface area contributed by atoms with Gasteiger partial charge in [-0.05, 0) is 12.1 Å². The highest BCUT2D eigenvalue weighted by Gasteiger charge is 2.46. The van der Waals surface area contributed by atoms with Crippen molar-refractivity contribution < 1.29 is 29.6 Å². The average Bonchev–Trinajstić information content (AvgIpc) is 2.63. The van der Waals surface area contributed by atoms with Crippen molar-refractivity contribution in [3.05, 3.63) is 28.6 Å². The van der Waals surface area contributed by atoms with Crippen molar-refractivity contribution in [3.8, 4) is 5.88 Å². The minimum Gasteiger partial charge on any atom is -0.444 e. The number of nitrogen functional groups attached to an aromatic ring is 1. The summed E-state index contributed by atoms with van der Waals surface area (Å²) in [6.07, 6.45) is -5.35. The molecule has 0 bridgehead atoms. The van der Waals surface area contributed by atoms with Crippen molar-refractivity contribution in [3.63, 3.8) is 0 Å². The Morgan fingerprint density at radius 2 is 2.15 bits per heavy atom. The monoisotopic (exact) mass is 380 g/mol. The van der Waals surface area contributed by atoms with Crippen LogP contribution < -0.4 is 21.3 Å². The molecule has 1 saturated heterocycles. The van der Waals surface area contributed by atoms with Gasteiger partial charge in [0.15, 0.2) is 0 Å². The molecule has 0 aliphatic carbocycles. The molecular weight excluding hydrogens is 360 g/mol. The second kappa shape index (κ2) is 7.48. The van der Waals surface area contributed by atoms with E-state index < -0.39 is 48.7 Å². The number of hydrogen-bond donors (Lipinski definition) is 6. The molecule has 1 aromatic carbocycles. The number of amides is 1. The molecule has 3 rings (SSSR count). The van der Waals surface area contributed by atoms with Gasteiger partial charge in [-0.1, -0.05) is 6.07 Å². The Kier molecular flexibility index (Phi) is 5.28. The molecule has 1 fully saturated rings. The molecule has 7 N–H and O–H groups in total. The Bertz CT molecular complexity index is 902. The number of aromatic amines is 1.